The summed E-state index contributed by atoms with van der Waals surface area (Å²) >= 11 is 1.59. The molecule has 1 saturated heterocycles. The quantitative estimate of drug-likeness (QED) is 0.471. The number of nitrogens with one attached hydrogen (secondary N) is 2. The summed E-state index contributed by atoms with van der Waals surface area (Å²) in [5.41, 5.74) is 2.50. The number of rotatable bonds is 4. The molecule has 0 spiro atoms. The van der Waals surface area contributed by atoms with Crippen molar-refractivity contribution in [1.29, 1.82) is 0 Å². The standard InChI is InChI=1S/C23H21N5O3S/c29-20(17-14-26-18-16(17)6-7-24-19(18)21-25-8-13-32-21)23(31)28-11-9-27(10-12-28)22(30)15-4-2-1-3-5-15/h1-8,13-14,21,25-26H,9-12H2. The van der Waals surface area contributed by atoms with Gasteiger partial charge in [0, 0.05) is 55.7 Å². The van der Waals surface area contributed by atoms with Crippen LogP contribution in [-0.2, 0) is 4.79 Å². The van der Waals surface area contributed by atoms with Crippen molar-refractivity contribution in [3.05, 3.63) is 77.2 Å². The van der Waals surface area contributed by atoms with Gasteiger partial charge >= 0.3 is 0 Å². The van der Waals surface area contributed by atoms with E-state index in [-0.39, 0.29) is 11.3 Å². The zero-order valence-electron chi connectivity index (χ0n) is 17.2. The third-order valence-corrected chi connectivity index (χ3v) is 6.65. The summed E-state index contributed by atoms with van der Waals surface area (Å²) in [6, 6.07) is 10.8. The van der Waals surface area contributed by atoms with E-state index in [4.69, 9.17) is 0 Å². The monoisotopic (exact) mass is 447 g/mol. The summed E-state index contributed by atoms with van der Waals surface area (Å²) < 4.78 is 0. The number of amides is 2. The average Bonchev–Trinajstić information content (AvgIpc) is 3.53. The molecule has 0 radical (unpaired) electrons. The molecular formula is C23H21N5O3S. The number of hydrogen-bond acceptors (Lipinski definition) is 6. The highest BCUT2D eigenvalue weighted by atomic mass is 32.2. The van der Waals surface area contributed by atoms with Gasteiger partial charge in [-0.3, -0.25) is 19.4 Å². The van der Waals surface area contributed by atoms with E-state index in [1.165, 1.54) is 4.90 Å². The molecule has 0 aliphatic carbocycles. The molecule has 1 fully saturated rings. The lowest BCUT2D eigenvalue weighted by molar-refractivity contribution is -0.127. The zero-order chi connectivity index (χ0) is 22.1. The first-order valence-corrected chi connectivity index (χ1v) is 11.3. The van der Waals surface area contributed by atoms with Gasteiger partial charge in [0.2, 0.25) is 0 Å². The molecule has 32 heavy (non-hydrogen) atoms. The summed E-state index contributed by atoms with van der Waals surface area (Å²) in [5, 5.41) is 5.81. The molecule has 1 unspecified atom stereocenters. The first-order valence-electron chi connectivity index (χ1n) is 10.3. The van der Waals surface area contributed by atoms with E-state index in [9.17, 15) is 14.4 Å². The van der Waals surface area contributed by atoms with Crippen molar-refractivity contribution < 1.29 is 14.4 Å². The fourth-order valence-electron chi connectivity index (χ4n) is 4.02. The van der Waals surface area contributed by atoms with Gasteiger partial charge in [0.1, 0.15) is 5.37 Å². The molecule has 5 rings (SSSR count). The largest absolute Gasteiger partial charge is 0.373 e. The second kappa shape index (κ2) is 8.51. The van der Waals surface area contributed by atoms with E-state index in [1.807, 2.05) is 29.8 Å². The first-order chi connectivity index (χ1) is 15.6. The summed E-state index contributed by atoms with van der Waals surface area (Å²) in [7, 11) is 0. The average molecular weight is 448 g/mol. The number of benzene rings is 1. The predicted octanol–water partition coefficient (Wildman–Crippen LogP) is 2.54. The van der Waals surface area contributed by atoms with Gasteiger partial charge in [0.15, 0.2) is 0 Å². The van der Waals surface area contributed by atoms with E-state index in [0.717, 1.165) is 11.2 Å². The third kappa shape index (κ3) is 3.64. The minimum atomic E-state index is -0.554. The van der Waals surface area contributed by atoms with Gasteiger partial charge in [-0.05, 0) is 23.6 Å². The predicted molar refractivity (Wildman–Crippen MR) is 122 cm³/mol. The van der Waals surface area contributed by atoms with E-state index >= 15 is 0 Å². The summed E-state index contributed by atoms with van der Waals surface area (Å²) in [6.07, 6.45) is 5.09. The van der Waals surface area contributed by atoms with Gasteiger partial charge in [0.05, 0.1) is 16.8 Å². The number of aromatic amines is 1. The Labute approximate surface area is 188 Å². The van der Waals surface area contributed by atoms with Gasteiger partial charge in [-0.1, -0.05) is 18.2 Å². The minimum Gasteiger partial charge on any atom is -0.373 e. The Hall–Kier alpha value is -3.59. The van der Waals surface area contributed by atoms with Crippen molar-refractivity contribution in [3.8, 4) is 0 Å². The fraction of sp³-hybridized carbons (Fsp3) is 0.217. The van der Waals surface area contributed by atoms with Crippen LogP contribution in [0.4, 0.5) is 0 Å². The van der Waals surface area contributed by atoms with Gasteiger partial charge in [-0.2, -0.15) is 0 Å². The summed E-state index contributed by atoms with van der Waals surface area (Å²) in [6.45, 7) is 1.44. The second-order valence-corrected chi connectivity index (χ2v) is 8.60. The lowest BCUT2D eigenvalue weighted by Crippen LogP contribution is -2.52. The van der Waals surface area contributed by atoms with Crippen molar-refractivity contribution in [3.63, 3.8) is 0 Å². The Bertz CT molecular complexity index is 1210. The van der Waals surface area contributed by atoms with E-state index < -0.39 is 11.7 Å². The normalized spacial score (nSPS) is 18.1. The number of thioether (sulfide) groups is 1. The van der Waals surface area contributed by atoms with Crippen LogP contribution in [0.15, 0.2) is 60.4 Å². The Morgan fingerprint density at radius 1 is 1.00 bits per heavy atom. The van der Waals surface area contributed by atoms with Crippen LogP contribution in [0, 0.1) is 0 Å². The van der Waals surface area contributed by atoms with Crippen LogP contribution in [0.25, 0.3) is 10.9 Å². The van der Waals surface area contributed by atoms with Crippen molar-refractivity contribution in [2.75, 3.05) is 26.2 Å². The number of carbonyl (C=O) groups is 3. The van der Waals surface area contributed by atoms with Crippen molar-refractivity contribution in [2.45, 2.75) is 5.37 Å². The van der Waals surface area contributed by atoms with E-state index in [2.05, 4.69) is 15.3 Å². The molecule has 0 saturated carbocycles. The smallest absolute Gasteiger partial charge is 0.295 e. The maximum absolute atomic E-state index is 13.0. The number of pyridine rings is 1. The number of carbonyl (C=O) groups excluding carboxylic acids is 3. The maximum atomic E-state index is 13.0. The molecule has 2 aromatic heterocycles. The number of piperazine rings is 1. The highest BCUT2D eigenvalue weighted by molar-refractivity contribution is 8.02. The number of fused-ring (bicyclic) bond motifs is 1. The molecule has 1 atom stereocenters. The molecule has 2 aliphatic rings. The zero-order valence-corrected chi connectivity index (χ0v) is 18.0. The molecule has 8 nitrogen and oxygen atoms in total. The van der Waals surface area contributed by atoms with Crippen molar-refractivity contribution >= 4 is 40.3 Å². The van der Waals surface area contributed by atoms with Gasteiger partial charge in [-0.25, -0.2) is 0 Å². The minimum absolute atomic E-state index is 0.0359. The highest BCUT2D eigenvalue weighted by Crippen LogP contribution is 2.34. The lowest BCUT2D eigenvalue weighted by atomic mass is 10.1. The number of Topliss-reactive ketones (excluding diaryl/α,β-unsaturated/α-hetero) is 1. The molecule has 0 bridgehead atoms. The molecule has 3 aromatic rings. The number of ketones is 1. The topological polar surface area (TPSA) is 98.4 Å². The van der Waals surface area contributed by atoms with Gasteiger partial charge < -0.3 is 20.1 Å². The van der Waals surface area contributed by atoms with Crippen LogP contribution < -0.4 is 5.32 Å². The van der Waals surface area contributed by atoms with Crippen LogP contribution in [0.3, 0.4) is 0 Å². The Balaban J connectivity index is 1.28. The SMILES string of the molecule is O=C(C(=O)N1CCN(C(=O)c2ccccc2)CC1)c1c[nH]c2c(C3NC=CS3)nccc12. The first kappa shape index (κ1) is 20.3. The van der Waals surface area contributed by atoms with Crippen LogP contribution in [-0.4, -0.2) is 63.5 Å². The Morgan fingerprint density at radius 2 is 1.75 bits per heavy atom. The molecule has 2 amide bonds. The van der Waals surface area contributed by atoms with E-state index in [1.54, 1.807) is 47.3 Å². The molecule has 2 aliphatic heterocycles. The van der Waals surface area contributed by atoms with Crippen molar-refractivity contribution in [1.82, 2.24) is 25.1 Å². The molecule has 162 valence electrons. The summed E-state index contributed by atoms with van der Waals surface area (Å²) in [5.74, 6) is -1.17. The number of aromatic nitrogens is 2. The van der Waals surface area contributed by atoms with Crippen LogP contribution >= 0.6 is 11.8 Å². The molecule has 1 aromatic carbocycles. The number of H-pyrrole nitrogens is 1. The number of nitrogens with zero attached hydrogens (tertiary/aromatic N) is 3. The third-order valence-electron chi connectivity index (χ3n) is 5.72. The molecular weight excluding hydrogens is 426 g/mol. The maximum Gasteiger partial charge on any atom is 0.295 e. The van der Waals surface area contributed by atoms with Crippen LogP contribution in [0.5, 0.6) is 0 Å². The Morgan fingerprint density at radius 3 is 2.47 bits per heavy atom. The van der Waals surface area contributed by atoms with Gasteiger partial charge in [0.25, 0.3) is 17.6 Å². The summed E-state index contributed by atoms with van der Waals surface area (Å²) in [4.78, 5) is 49.4. The number of hydrogen-bond donors (Lipinski definition) is 2. The van der Waals surface area contributed by atoms with E-state index in [0.29, 0.717) is 42.7 Å². The fourth-order valence-corrected chi connectivity index (χ4v) is 4.80. The Kier molecular flexibility index (Phi) is 5.40. The highest BCUT2D eigenvalue weighted by Gasteiger charge is 2.30. The molecule has 4 heterocycles. The van der Waals surface area contributed by atoms with Crippen molar-refractivity contribution in [2.24, 2.45) is 0 Å². The second-order valence-electron chi connectivity index (χ2n) is 7.59. The molecule has 2 N–H and O–H groups in total. The van der Waals surface area contributed by atoms with Crippen LogP contribution in [0.1, 0.15) is 31.8 Å². The lowest BCUT2D eigenvalue weighted by Gasteiger charge is -2.34. The van der Waals surface area contributed by atoms with Crippen LogP contribution in [0.2, 0.25) is 0 Å². The van der Waals surface area contributed by atoms with Gasteiger partial charge in [-0.15, -0.1) is 11.8 Å². The molecule has 9 heteroatoms.